The number of nitrogens with one attached hydrogen (secondary N) is 1. The van der Waals surface area contributed by atoms with E-state index in [-0.39, 0.29) is 11.9 Å². The largest absolute Gasteiger partial charge is 0.359 e. The van der Waals surface area contributed by atoms with Crippen LogP contribution >= 0.6 is 0 Å². The highest BCUT2D eigenvalue weighted by atomic mass is 16.1. The minimum absolute atomic E-state index is 0.0757. The number of hydrogen-bond acceptors (Lipinski definition) is 4. The lowest BCUT2D eigenvalue weighted by Gasteiger charge is -2.40. The van der Waals surface area contributed by atoms with Crippen molar-refractivity contribution in [1.29, 1.82) is 0 Å². The van der Waals surface area contributed by atoms with E-state index >= 15 is 0 Å². The highest BCUT2D eigenvalue weighted by molar-refractivity contribution is 5.76. The van der Waals surface area contributed by atoms with Gasteiger partial charge in [0.15, 0.2) is 0 Å². The first-order valence-electron chi connectivity index (χ1n) is 6.47. The van der Waals surface area contributed by atoms with Crippen molar-refractivity contribution in [3.8, 4) is 0 Å². The first-order chi connectivity index (χ1) is 8.08. The van der Waals surface area contributed by atoms with Gasteiger partial charge in [-0.3, -0.25) is 14.6 Å². The first-order valence-corrected chi connectivity index (χ1v) is 6.47. The molecule has 1 unspecified atom stereocenters. The van der Waals surface area contributed by atoms with Crippen LogP contribution in [0.1, 0.15) is 20.3 Å². The predicted octanol–water partition coefficient (Wildman–Crippen LogP) is -0.524. The number of carbonyl (C=O) groups excluding carboxylic acids is 1. The molecule has 0 radical (unpaired) electrons. The highest BCUT2D eigenvalue weighted by Gasteiger charge is 2.25. The third-order valence-corrected chi connectivity index (χ3v) is 3.57. The van der Waals surface area contributed by atoms with Crippen molar-refractivity contribution in [3.63, 3.8) is 0 Å². The Morgan fingerprint density at radius 2 is 1.76 bits per heavy atom. The Hall–Kier alpha value is -0.650. The molecular formula is C12H26N4O. The molecule has 0 saturated carbocycles. The number of nitrogens with zero attached hydrogens (tertiary/aromatic N) is 2. The van der Waals surface area contributed by atoms with Crippen LogP contribution in [-0.2, 0) is 4.79 Å². The average molecular weight is 242 g/mol. The second-order valence-corrected chi connectivity index (χ2v) is 4.93. The fraction of sp³-hybridized carbons (Fsp3) is 0.917. The van der Waals surface area contributed by atoms with Crippen LogP contribution in [0.5, 0.6) is 0 Å². The van der Waals surface area contributed by atoms with Gasteiger partial charge in [0.2, 0.25) is 5.91 Å². The molecule has 0 spiro atoms. The molecule has 1 aliphatic heterocycles. The normalized spacial score (nSPS) is 20.5. The smallest absolute Gasteiger partial charge is 0.221 e. The molecule has 1 rings (SSSR count). The van der Waals surface area contributed by atoms with Gasteiger partial charge in [-0.2, -0.15) is 0 Å². The first kappa shape index (κ1) is 14.4. The summed E-state index contributed by atoms with van der Waals surface area (Å²) >= 11 is 0. The highest BCUT2D eigenvalue weighted by Crippen LogP contribution is 2.10. The van der Waals surface area contributed by atoms with E-state index in [4.69, 9.17) is 5.73 Å². The van der Waals surface area contributed by atoms with Crippen molar-refractivity contribution in [3.05, 3.63) is 0 Å². The Morgan fingerprint density at radius 3 is 2.18 bits per heavy atom. The van der Waals surface area contributed by atoms with E-state index in [0.29, 0.717) is 19.0 Å². The third kappa shape index (κ3) is 4.26. The van der Waals surface area contributed by atoms with Crippen LogP contribution in [-0.4, -0.2) is 67.6 Å². The topological polar surface area (TPSA) is 61.6 Å². The minimum Gasteiger partial charge on any atom is -0.359 e. The van der Waals surface area contributed by atoms with Crippen LogP contribution in [0, 0.1) is 0 Å². The molecule has 1 atom stereocenters. The maximum Gasteiger partial charge on any atom is 0.221 e. The summed E-state index contributed by atoms with van der Waals surface area (Å²) in [7, 11) is 1.67. The van der Waals surface area contributed by atoms with Crippen LogP contribution in [0.4, 0.5) is 0 Å². The Labute approximate surface area is 104 Å². The Kier molecular flexibility index (Phi) is 5.88. The van der Waals surface area contributed by atoms with Crippen LogP contribution in [0.3, 0.4) is 0 Å². The number of nitrogens with two attached hydrogens (primary N) is 1. The van der Waals surface area contributed by atoms with E-state index < -0.39 is 0 Å². The van der Waals surface area contributed by atoms with Gasteiger partial charge in [-0.1, -0.05) is 0 Å². The van der Waals surface area contributed by atoms with Gasteiger partial charge in [-0.25, -0.2) is 0 Å². The zero-order valence-electron chi connectivity index (χ0n) is 11.3. The molecule has 1 amide bonds. The van der Waals surface area contributed by atoms with E-state index in [1.54, 1.807) is 7.05 Å². The van der Waals surface area contributed by atoms with Crippen molar-refractivity contribution in [2.24, 2.45) is 5.73 Å². The fourth-order valence-electron chi connectivity index (χ4n) is 2.30. The standard InChI is InChI=1S/C12H26N4O/c1-10(2)15-4-6-16(7-5-15)11(9-13)8-12(17)14-3/h10-11H,4-9,13H2,1-3H3,(H,14,17). The van der Waals surface area contributed by atoms with Gasteiger partial charge in [-0.15, -0.1) is 0 Å². The van der Waals surface area contributed by atoms with E-state index in [1.165, 1.54) is 0 Å². The van der Waals surface area contributed by atoms with Crippen molar-refractivity contribution < 1.29 is 4.79 Å². The fourth-order valence-corrected chi connectivity index (χ4v) is 2.30. The number of amides is 1. The van der Waals surface area contributed by atoms with E-state index in [0.717, 1.165) is 26.2 Å². The SMILES string of the molecule is CNC(=O)CC(CN)N1CCN(C(C)C)CC1. The van der Waals surface area contributed by atoms with Gasteiger partial charge in [0.25, 0.3) is 0 Å². The molecule has 0 aromatic rings. The summed E-state index contributed by atoms with van der Waals surface area (Å²) in [4.78, 5) is 16.2. The second-order valence-electron chi connectivity index (χ2n) is 4.93. The zero-order chi connectivity index (χ0) is 12.8. The molecule has 0 aliphatic carbocycles. The Morgan fingerprint density at radius 1 is 1.24 bits per heavy atom. The Bertz CT molecular complexity index is 237. The van der Waals surface area contributed by atoms with E-state index in [9.17, 15) is 4.79 Å². The molecule has 100 valence electrons. The molecule has 1 fully saturated rings. The maximum atomic E-state index is 11.4. The summed E-state index contributed by atoms with van der Waals surface area (Å²) in [6.07, 6.45) is 0.509. The summed E-state index contributed by atoms with van der Waals surface area (Å²) in [6.45, 7) is 9.16. The molecule has 1 aliphatic rings. The summed E-state index contributed by atoms with van der Waals surface area (Å²) < 4.78 is 0. The molecule has 0 aromatic heterocycles. The molecule has 5 heteroatoms. The second kappa shape index (κ2) is 6.93. The zero-order valence-corrected chi connectivity index (χ0v) is 11.3. The van der Waals surface area contributed by atoms with E-state index in [2.05, 4.69) is 29.0 Å². The van der Waals surface area contributed by atoms with Gasteiger partial charge >= 0.3 is 0 Å². The molecule has 1 saturated heterocycles. The molecule has 17 heavy (non-hydrogen) atoms. The summed E-state index contributed by atoms with van der Waals surface area (Å²) in [5.41, 5.74) is 5.77. The van der Waals surface area contributed by atoms with Gasteiger partial charge < -0.3 is 11.1 Å². The summed E-state index contributed by atoms with van der Waals surface area (Å²) in [5.74, 6) is 0.0757. The van der Waals surface area contributed by atoms with Crippen molar-refractivity contribution in [2.45, 2.75) is 32.4 Å². The maximum absolute atomic E-state index is 11.4. The van der Waals surface area contributed by atoms with Crippen molar-refractivity contribution in [2.75, 3.05) is 39.8 Å². The molecular weight excluding hydrogens is 216 g/mol. The van der Waals surface area contributed by atoms with Crippen molar-refractivity contribution >= 4 is 5.91 Å². The minimum atomic E-state index is 0.0757. The van der Waals surface area contributed by atoms with Gasteiger partial charge in [0.05, 0.1) is 0 Å². The molecule has 5 nitrogen and oxygen atoms in total. The van der Waals surface area contributed by atoms with Gasteiger partial charge in [0.1, 0.15) is 0 Å². The number of carbonyl (C=O) groups is 1. The van der Waals surface area contributed by atoms with Crippen LogP contribution in [0.15, 0.2) is 0 Å². The average Bonchev–Trinajstić information content (AvgIpc) is 2.35. The molecule has 0 bridgehead atoms. The van der Waals surface area contributed by atoms with Gasteiger partial charge in [-0.05, 0) is 13.8 Å². The predicted molar refractivity (Wildman–Crippen MR) is 69.8 cm³/mol. The van der Waals surface area contributed by atoms with Crippen molar-refractivity contribution in [1.82, 2.24) is 15.1 Å². The quantitative estimate of drug-likeness (QED) is 0.681. The van der Waals surface area contributed by atoms with E-state index in [1.807, 2.05) is 0 Å². The summed E-state index contributed by atoms with van der Waals surface area (Å²) in [6, 6.07) is 0.789. The summed E-state index contributed by atoms with van der Waals surface area (Å²) in [5, 5.41) is 2.66. The van der Waals surface area contributed by atoms with Crippen LogP contribution in [0.25, 0.3) is 0 Å². The lowest BCUT2D eigenvalue weighted by atomic mass is 10.1. The lowest BCUT2D eigenvalue weighted by molar-refractivity contribution is -0.122. The monoisotopic (exact) mass is 242 g/mol. The Balaban J connectivity index is 2.42. The number of rotatable bonds is 5. The van der Waals surface area contributed by atoms with Crippen LogP contribution < -0.4 is 11.1 Å². The number of piperazine rings is 1. The third-order valence-electron chi connectivity index (χ3n) is 3.57. The van der Waals surface area contributed by atoms with Gasteiger partial charge in [0, 0.05) is 58.3 Å². The molecule has 1 heterocycles. The molecule has 0 aromatic carbocycles. The van der Waals surface area contributed by atoms with Crippen LogP contribution in [0.2, 0.25) is 0 Å². The lowest BCUT2D eigenvalue weighted by Crippen LogP contribution is -2.54. The number of hydrogen-bond donors (Lipinski definition) is 2. The molecule has 3 N–H and O–H groups in total.